The van der Waals surface area contributed by atoms with Crippen LogP contribution in [-0.2, 0) is 0 Å². The number of benzene rings is 1. The lowest BCUT2D eigenvalue weighted by molar-refractivity contribution is 0.101. The van der Waals surface area contributed by atoms with Crippen LogP contribution in [0.2, 0.25) is 0 Å². The number of aromatic nitrogens is 1. The maximum Gasteiger partial charge on any atom is 0.259 e. The van der Waals surface area contributed by atoms with Gasteiger partial charge >= 0.3 is 0 Å². The Labute approximate surface area is 110 Å². The number of aryl methyl sites for hydroxylation is 1. The summed E-state index contributed by atoms with van der Waals surface area (Å²) in [5.74, 6) is 0.764. The van der Waals surface area contributed by atoms with Gasteiger partial charge in [-0.15, -0.1) is 0 Å². The minimum absolute atomic E-state index is 0.140. The number of Topliss-reactive ketones (excluding diaryl/α,β-unsaturated/α-hetero) is 1. The molecule has 0 aliphatic rings. The topological polar surface area (TPSA) is 68.4 Å². The summed E-state index contributed by atoms with van der Waals surface area (Å²) in [5, 5.41) is 1.34. The number of nitrogens with one attached hydrogen (secondary N) is 1. The Balaban J connectivity index is 2.98. The van der Waals surface area contributed by atoms with Crippen molar-refractivity contribution in [1.82, 2.24) is 4.98 Å². The number of H-pyrrole nitrogens is 1. The standard InChI is InChI=1S/C14H15NO4/c1-7-9-5-11(18-3)12(19-4)6-10(9)13(8(2)16)14(17)15-7/h5-6H,1-4H3,(H,15,17). The Morgan fingerprint density at radius 3 is 2.11 bits per heavy atom. The molecule has 5 heteroatoms. The number of pyridine rings is 1. The van der Waals surface area contributed by atoms with Crippen LogP contribution in [0.5, 0.6) is 11.5 Å². The highest BCUT2D eigenvalue weighted by molar-refractivity contribution is 6.07. The summed E-state index contributed by atoms with van der Waals surface area (Å²) in [6.45, 7) is 3.15. The van der Waals surface area contributed by atoms with Crippen LogP contribution in [0.4, 0.5) is 0 Å². The molecule has 0 unspecified atom stereocenters. The van der Waals surface area contributed by atoms with Crippen molar-refractivity contribution in [2.45, 2.75) is 13.8 Å². The smallest absolute Gasteiger partial charge is 0.259 e. The molecular weight excluding hydrogens is 246 g/mol. The third kappa shape index (κ3) is 2.07. The summed E-state index contributed by atoms with van der Waals surface area (Å²) in [4.78, 5) is 26.2. The number of ether oxygens (including phenoxy) is 2. The molecule has 2 aromatic rings. The van der Waals surface area contributed by atoms with E-state index in [-0.39, 0.29) is 16.9 Å². The number of fused-ring (bicyclic) bond motifs is 1. The van der Waals surface area contributed by atoms with Crippen molar-refractivity contribution < 1.29 is 14.3 Å². The molecule has 2 rings (SSSR count). The van der Waals surface area contributed by atoms with E-state index in [0.29, 0.717) is 22.6 Å². The maximum atomic E-state index is 11.9. The molecule has 1 heterocycles. The first kappa shape index (κ1) is 13.1. The number of methoxy groups -OCH3 is 2. The first-order valence-corrected chi connectivity index (χ1v) is 5.79. The van der Waals surface area contributed by atoms with Gasteiger partial charge in [-0.1, -0.05) is 0 Å². The fourth-order valence-corrected chi connectivity index (χ4v) is 2.17. The molecule has 0 radical (unpaired) electrons. The number of ketones is 1. The SMILES string of the molecule is COc1cc2c(C)[nH]c(=O)c(C(C)=O)c2cc1OC. The second-order valence-electron chi connectivity index (χ2n) is 4.26. The summed E-state index contributed by atoms with van der Waals surface area (Å²) in [5.41, 5.74) is 0.442. The fraction of sp³-hybridized carbons (Fsp3) is 0.286. The quantitative estimate of drug-likeness (QED) is 0.859. The molecule has 1 N–H and O–H groups in total. The van der Waals surface area contributed by atoms with Crippen LogP contribution >= 0.6 is 0 Å². The predicted octanol–water partition coefficient (Wildman–Crippen LogP) is 2.06. The molecule has 1 aromatic carbocycles. The molecule has 0 saturated heterocycles. The average molecular weight is 261 g/mol. The summed E-state index contributed by atoms with van der Waals surface area (Å²) < 4.78 is 10.4. The Kier molecular flexibility index (Phi) is 3.29. The van der Waals surface area contributed by atoms with Crippen LogP contribution in [0.25, 0.3) is 10.8 Å². The van der Waals surface area contributed by atoms with Gasteiger partial charge in [0.2, 0.25) is 0 Å². The van der Waals surface area contributed by atoms with E-state index in [2.05, 4.69) is 4.98 Å². The second-order valence-corrected chi connectivity index (χ2v) is 4.26. The molecule has 0 aliphatic carbocycles. The zero-order valence-electron chi connectivity index (χ0n) is 11.3. The van der Waals surface area contributed by atoms with Gasteiger partial charge in [0.25, 0.3) is 5.56 Å². The van der Waals surface area contributed by atoms with Crippen molar-refractivity contribution in [3.8, 4) is 11.5 Å². The fourth-order valence-electron chi connectivity index (χ4n) is 2.17. The summed E-state index contributed by atoms with van der Waals surface area (Å²) in [7, 11) is 3.05. The van der Waals surface area contributed by atoms with Crippen molar-refractivity contribution in [3.05, 3.63) is 33.7 Å². The lowest BCUT2D eigenvalue weighted by Gasteiger charge is -2.12. The number of carbonyl (C=O) groups is 1. The van der Waals surface area contributed by atoms with Crippen molar-refractivity contribution in [1.29, 1.82) is 0 Å². The lowest BCUT2D eigenvalue weighted by atomic mass is 10.0. The number of carbonyl (C=O) groups excluding carboxylic acids is 1. The highest BCUT2D eigenvalue weighted by Gasteiger charge is 2.16. The zero-order valence-corrected chi connectivity index (χ0v) is 11.3. The molecular formula is C14H15NO4. The van der Waals surface area contributed by atoms with Gasteiger partial charge in [0.05, 0.1) is 19.8 Å². The van der Waals surface area contributed by atoms with Crippen molar-refractivity contribution in [3.63, 3.8) is 0 Å². The summed E-state index contributed by atoms with van der Waals surface area (Å²) >= 11 is 0. The van der Waals surface area contributed by atoms with E-state index in [1.165, 1.54) is 21.1 Å². The van der Waals surface area contributed by atoms with E-state index in [9.17, 15) is 9.59 Å². The minimum Gasteiger partial charge on any atom is -0.493 e. The Hall–Kier alpha value is -2.30. The van der Waals surface area contributed by atoms with E-state index >= 15 is 0 Å². The van der Waals surface area contributed by atoms with Gasteiger partial charge < -0.3 is 14.5 Å². The monoisotopic (exact) mass is 261 g/mol. The van der Waals surface area contributed by atoms with Gasteiger partial charge in [0.1, 0.15) is 0 Å². The summed E-state index contributed by atoms with van der Waals surface area (Å²) in [6.07, 6.45) is 0. The molecule has 0 saturated carbocycles. The number of hydrogen-bond donors (Lipinski definition) is 1. The van der Waals surface area contributed by atoms with Gasteiger partial charge in [0, 0.05) is 16.5 Å². The molecule has 19 heavy (non-hydrogen) atoms. The lowest BCUT2D eigenvalue weighted by Crippen LogP contribution is -2.17. The van der Waals surface area contributed by atoms with Gasteiger partial charge in [-0.2, -0.15) is 0 Å². The number of rotatable bonds is 3. The van der Waals surface area contributed by atoms with Crippen LogP contribution in [0.15, 0.2) is 16.9 Å². The van der Waals surface area contributed by atoms with Crippen molar-refractivity contribution >= 4 is 16.6 Å². The Morgan fingerprint density at radius 1 is 1.11 bits per heavy atom. The molecule has 0 aliphatic heterocycles. The van der Waals surface area contributed by atoms with Crippen LogP contribution in [0, 0.1) is 6.92 Å². The van der Waals surface area contributed by atoms with E-state index in [1.807, 2.05) is 0 Å². The van der Waals surface area contributed by atoms with Gasteiger partial charge in [0.15, 0.2) is 17.3 Å². The molecule has 1 aromatic heterocycles. The van der Waals surface area contributed by atoms with Crippen LogP contribution in [0.3, 0.4) is 0 Å². The van der Waals surface area contributed by atoms with E-state index in [0.717, 1.165) is 5.39 Å². The highest BCUT2D eigenvalue weighted by Crippen LogP contribution is 2.33. The van der Waals surface area contributed by atoms with E-state index in [1.54, 1.807) is 19.1 Å². The molecule has 100 valence electrons. The number of hydrogen-bond acceptors (Lipinski definition) is 4. The first-order valence-electron chi connectivity index (χ1n) is 5.79. The van der Waals surface area contributed by atoms with Gasteiger partial charge in [-0.05, 0) is 26.0 Å². The number of aromatic amines is 1. The van der Waals surface area contributed by atoms with Gasteiger partial charge in [-0.3, -0.25) is 9.59 Å². The largest absolute Gasteiger partial charge is 0.493 e. The van der Waals surface area contributed by atoms with Crippen LogP contribution < -0.4 is 15.0 Å². The Morgan fingerprint density at radius 2 is 1.63 bits per heavy atom. The maximum absolute atomic E-state index is 11.9. The highest BCUT2D eigenvalue weighted by atomic mass is 16.5. The molecule has 0 bridgehead atoms. The Bertz CT molecular complexity index is 715. The van der Waals surface area contributed by atoms with E-state index in [4.69, 9.17) is 9.47 Å². The van der Waals surface area contributed by atoms with Crippen LogP contribution in [-0.4, -0.2) is 25.0 Å². The van der Waals surface area contributed by atoms with Crippen molar-refractivity contribution in [2.24, 2.45) is 0 Å². The normalized spacial score (nSPS) is 10.5. The second kappa shape index (κ2) is 4.76. The predicted molar refractivity (Wildman–Crippen MR) is 72.4 cm³/mol. The molecule has 0 spiro atoms. The zero-order chi connectivity index (χ0) is 14.2. The summed E-state index contributed by atoms with van der Waals surface area (Å²) in [6, 6.07) is 3.42. The molecule has 0 fully saturated rings. The average Bonchev–Trinajstić information content (AvgIpc) is 2.36. The van der Waals surface area contributed by atoms with E-state index < -0.39 is 0 Å². The molecule has 0 amide bonds. The minimum atomic E-state index is -0.385. The van der Waals surface area contributed by atoms with Crippen molar-refractivity contribution in [2.75, 3.05) is 14.2 Å². The molecule has 5 nitrogen and oxygen atoms in total. The third-order valence-corrected chi connectivity index (χ3v) is 3.08. The van der Waals surface area contributed by atoms with Gasteiger partial charge in [-0.25, -0.2) is 0 Å². The van der Waals surface area contributed by atoms with Crippen LogP contribution in [0.1, 0.15) is 23.0 Å². The third-order valence-electron chi connectivity index (χ3n) is 3.08. The molecule has 0 atom stereocenters. The first-order chi connectivity index (χ1) is 8.99.